The van der Waals surface area contributed by atoms with E-state index in [2.05, 4.69) is 20.2 Å². The lowest BCUT2D eigenvalue weighted by atomic mass is 9.59. The summed E-state index contributed by atoms with van der Waals surface area (Å²) in [5, 5.41) is 10.3. The largest absolute Gasteiger partial charge is 0.490 e. The Balaban J connectivity index is 0.000000360. The monoisotopic (exact) mass is 458 g/mol. The van der Waals surface area contributed by atoms with Crippen LogP contribution < -0.4 is 5.32 Å². The van der Waals surface area contributed by atoms with Gasteiger partial charge in [-0.15, -0.1) is 0 Å². The molecule has 3 heterocycles. The second-order valence-electron chi connectivity index (χ2n) is 8.68. The van der Waals surface area contributed by atoms with Gasteiger partial charge in [0, 0.05) is 38.2 Å². The summed E-state index contributed by atoms with van der Waals surface area (Å²) in [6.07, 6.45) is 6.75. The molecule has 1 unspecified atom stereocenters. The van der Waals surface area contributed by atoms with E-state index in [1.807, 2.05) is 0 Å². The number of carbonyl (C=O) groups excluding carboxylic acids is 1. The van der Waals surface area contributed by atoms with E-state index < -0.39 is 12.1 Å². The maximum absolute atomic E-state index is 12.4. The number of alkyl halides is 3. The summed E-state index contributed by atoms with van der Waals surface area (Å²) in [4.78, 5) is 32.0. The molecule has 1 spiro atoms. The summed E-state index contributed by atoms with van der Waals surface area (Å²) in [5.74, 6) is -2.04. The predicted octanol–water partition coefficient (Wildman–Crippen LogP) is 2.51. The van der Waals surface area contributed by atoms with E-state index in [9.17, 15) is 18.0 Å². The van der Waals surface area contributed by atoms with Crippen LogP contribution in [0.3, 0.4) is 0 Å². The van der Waals surface area contributed by atoms with Crippen LogP contribution >= 0.6 is 0 Å². The van der Waals surface area contributed by atoms with E-state index >= 15 is 0 Å². The van der Waals surface area contributed by atoms with Gasteiger partial charge in [0.1, 0.15) is 5.69 Å². The van der Waals surface area contributed by atoms with Gasteiger partial charge in [-0.05, 0) is 62.9 Å². The zero-order chi connectivity index (χ0) is 23.2. The van der Waals surface area contributed by atoms with Gasteiger partial charge in [0.15, 0.2) is 0 Å². The molecule has 3 fully saturated rings. The number of rotatable bonds is 4. The number of piperidine rings is 1. The minimum Gasteiger partial charge on any atom is -0.475 e. The molecule has 1 atom stereocenters. The molecule has 1 aromatic heterocycles. The maximum Gasteiger partial charge on any atom is 0.490 e. The predicted molar refractivity (Wildman–Crippen MR) is 108 cm³/mol. The molecule has 1 amide bonds. The maximum atomic E-state index is 12.4. The number of aromatic nitrogens is 2. The highest BCUT2D eigenvalue weighted by Gasteiger charge is 2.48. The minimum absolute atomic E-state index is 0.0817. The van der Waals surface area contributed by atoms with Gasteiger partial charge >= 0.3 is 12.1 Å². The van der Waals surface area contributed by atoms with Crippen molar-refractivity contribution in [3.8, 4) is 0 Å². The van der Waals surface area contributed by atoms with Crippen molar-refractivity contribution in [1.82, 2.24) is 20.2 Å². The molecule has 0 bridgehead atoms. The second-order valence-corrected chi connectivity index (χ2v) is 8.68. The van der Waals surface area contributed by atoms with Crippen molar-refractivity contribution in [1.29, 1.82) is 0 Å². The number of ether oxygens (including phenoxy) is 1. The van der Waals surface area contributed by atoms with Gasteiger partial charge in [-0.3, -0.25) is 9.78 Å². The van der Waals surface area contributed by atoms with Gasteiger partial charge in [-0.25, -0.2) is 9.78 Å². The van der Waals surface area contributed by atoms with Crippen LogP contribution in [-0.2, 0) is 9.53 Å². The molecule has 178 valence electrons. The average Bonchev–Trinajstić information content (AvgIpc) is 2.78. The van der Waals surface area contributed by atoms with Crippen LogP contribution in [0.25, 0.3) is 0 Å². The molecule has 1 aromatic rings. The molecule has 11 heteroatoms. The van der Waals surface area contributed by atoms with Gasteiger partial charge in [-0.1, -0.05) is 0 Å². The Labute approximate surface area is 184 Å². The van der Waals surface area contributed by atoms with Crippen LogP contribution in [0.15, 0.2) is 18.6 Å². The summed E-state index contributed by atoms with van der Waals surface area (Å²) >= 11 is 0. The highest BCUT2D eigenvalue weighted by molar-refractivity contribution is 5.92. The van der Waals surface area contributed by atoms with Crippen molar-refractivity contribution in [2.45, 2.75) is 50.7 Å². The molecule has 0 radical (unpaired) electrons. The molecule has 1 saturated carbocycles. The Bertz CT molecular complexity index is 764. The number of likely N-dealkylation sites (tertiary alicyclic amines) is 1. The normalized spacial score (nSPS) is 23.5. The number of carboxylic acids is 1. The second kappa shape index (κ2) is 10.6. The molecular weight excluding hydrogens is 429 g/mol. The van der Waals surface area contributed by atoms with Gasteiger partial charge in [0.05, 0.1) is 6.20 Å². The molecule has 4 rings (SSSR count). The third-order valence-electron chi connectivity index (χ3n) is 6.72. The smallest absolute Gasteiger partial charge is 0.475 e. The van der Waals surface area contributed by atoms with Crippen LogP contribution in [0.4, 0.5) is 13.2 Å². The molecule has 2 saturated heterocycles. The van der Waals surface area contributed by atoms with Crippen molar-refractivity contribution in [2.24, 2.45) is 11.3 Å². The molecule has 1 aliphatic carbocycles. The van der Waals surface area contributed by atoms with Crippen molar-refractivity contribution < 1.29 is 32.6 Å². The van der Waals surface area contributed by atoms with Gasteiger partial charge < -0.3 is 20.1 Å². The average molecular weight is 458 g/mol. The first-order valence-corrected chi connectivity index (χ1v) is 10.9. The zero-order valence-electron chi connectivity index (χ0n) is 17.8. The topological polar surface area (TPSA) is 105 Å². The van der Waals surface area contributed by atoms with Crippen molar-refractivity contribution in [3.63, 3.8) is 0 Å². The molecule has 0 aromatic carbocycles. The van der Waals surface area contributed by atoms with E-state index in [-0.39, 0.29) is 5.91 Å². The first kappa shape index (κ1) is 24.4. The summed E-state index contributed by atoms with van der Waals surface area (Å²) in [6, 6.07) is 0.298. The fraction of sp³-hybridized carbons (Fsp3) is 0.714. The Morgan fingerprint density at radius 3 is 2.31 bits per heavy atom. The van der Waals surface area contributed by atoms with Crippen LogP contribution in [0, 0.1) is 11.3 Å². The van der Waals surface area contributed by atoms with E-state index in [1.165, 1.54) is 44.8 Å². The number of hydrogen-bond donors (Lipinski definition) is 2. The number of carboxylic acid groups (broad SMARTS) is 1. The molecule has 32 heavy (non-hydrogen) atoms. The van der Waals surface area contributed by atoms with Crippen LogP contribution in [-0.4, -0.2) is 76.9 Å². The lowest BCUT2D eigenvalue weighted by molar-refractivity contribution is -0.192. The highest BCUT2D eigenvalue weighted by Crippen LogP contribution is 2.49. The molecule has 2 N–H and O–H groups in total. The molecule has 2 aliphatic heterocycles. The van der Waals surface area contributed by atoms with E-state index in [1.54, 1.807) is 12.4 Å². The van der Waals surface area contributed by atoms with E-state index in [0.717, 1.165) is 38.6 Å². The fourth-order valence-corrected chi connectivity index (χ4v) is 4.64. The number of hydrogen-bond acceptors (Lipinski definition) is 6. The quantitative estimate of drug-likeness (QED) is 0.714. The van der Waals surface area contributed by atoms with E-state index in [0.29, 0.717) is 17.2 Å². The van der Waals surface area contributed by atoms with Crippen molar-refractivity contribution in [2.75, 3.05) is 32.8 Å². The summed E-state index contributed by atoms with van der Waals surface area (Å²) in [7, 11) is 0. The number of nitrogens with zero attached hydrogens (tertiary/aromatic N) is 3. The number of carbonyl (C=O) groups is 2. The molecular formula is C21H29F3N4O4. The van der Waals surface area contributed by atoms with Crippen LogP contribution in [0.2, 0.25) is 0 Å². The highest BCUT2D eigenvalue weighted by atomic mass is 19.4. The minimum atomic E-state index is -5.08. The number of nitrogens with one attached hydrogen (secondary N) is 1. The molecule has 8 nitrogen and oxygen atoms in total. The Hall–Kier alpha value is -2.27. The van der Waals surface area contributed by atoms with Gasteiger partial charge in [0.25, 0.3) is 5.91 Å². The van der Waals surface area contributed by atoms with Crippen LogP contribution in [0.1, 0.15) is 49.0 Å². The third kappa shape index (κ3) is 6.38. The van der Waals surface area contributed by atoms with Gasteiger partial charge in [0.2, 0.25) is 0 Å². The van der Waals surface area contributed by atoms with E-state index in [4.69, 9.17) is 14.6 Å². The Kier molecular flexibility index (Phi) is 8.05. The third-order valence-corrected chi connectivity index (χ3v) is 6.72. The Morgan fingerprint density at radius 1 is 1.16 bits per heavy atom. The lowest BCUT2D eigenvalue weighted by Gasteiger charge is -2.54. The van der Waals surface area contributed by atoms with Crippen molar-refractivity contribution in [3.05, 3.63) is 24.3 Å². The lowest BCUT2D eigenvalue weighted by Crippen LogP contribution is -2.59. The van der Waals surface area contributed by atoms with Crippen molar-refractivity contribution >= 4 is 11.9 Å². The summed E-state index contributed by atoms with van der Waals surface area (Å²) < 4.78 is 37.2. The number of aliphatic carboxylic acids is 1. The Morgan fingerprint density at radius 2 is 1.81 bits per heavy atom. The molecule has 3 aliphatic rings. The number of halogens is 3. The SMILES string of the molecule is O=C(NC1CCC12CCN(CC1CCOCC1)CC2)c1cnccn1.O=C(O)C(F)(F)F. The summed E-state index contributed by atoms with van der Waals surface area (Å²) in [6.45, 7) is 5.40. The fourth-order valence-electron chi connectivity index (χ4n) is 4.64. The summed E-state index contributed by atoms with van der Waals surface area (Å²) in [5.41, 5.74) is 0.728. The van der Waals surface area contributed by atoms with Crippen LogP contribution in [0.5, 0.6) is 0 Å². The van der Waals surface area contributed by atoms with Gasteiger partial charge in [-0.2, -0.15) is 13.2 Å². The zero-order valence-corrected chi connectivity index (χ0v) is 17.8. The first-order valence-electron chi connectivity index (χ1n) is 10.9. The standard InChI is InChI=1S/C19H28N4O2.C2HF3O2/c24-18(16-13-20-7-8-21-16)22-17-1-4-19(17)5-9-23(10-6-19)14-15-2-11-25-12-3-15;3-2(4,5)1(6)7/h7-8,13,15,17H,1-6,9-12,14H2,(H,22,24);(H,6,7). The first-order chi connectivity index (χ1) is 15.2. The number of amides is 1.